The van der Waals surface area contributed by atoms with Gasteiger partial charge >= 0.3 is 0 Å². The fourth-order valence-corrected chi connectivity index (χ4v) is 2.43. The lowest BCUT2D eigenvalue weighted by Crippen LogP contribution is -2.39. The number of hydrogen-bond acceptors (Lipinski definition) is 2. The van der Waals surface area contributed by atoms with E-state index in [4.69, 9.17) is 0 Å². The van der Waals surface area contributed by atoms with Crippen molar-refractivity contribution >= 4 is 5.78 Å². The summed E-state index contributed by atoms with van der Waals surface area (Å²) >= 11 is 0. The summed E-state index contributed by atoms with van der Waals surface area (Å²) in [5.41, 5.74) is 0. The summed E-state index contributed by atoms with van der Waals surface area (Å²) < 4.78 is 0. The van der Waals surface area contributed by atoms with Crippen LogP contribution >= 0.6 is 0 Å². The second-order valence-corrected chi connectivity index (χ2v) is 4.43. The van der Waals surface area contributed by atoms with Crippen molar-refractivity contribution in [3.05, 3.63) is 0 Å². The van der Waals surface area contributed by atoms with Gasteiger partial charge in [-0.25, -0.2) is 0 Å². The highest BCUT2D eigenvalue weighted by atomic mass is 16.1. The lowest BCUT2D eigenvalue weighted by Gasteiger charge is -2.32. The molecule has 0 aromatic rings. The van der Waals surface area contributed by atoms with Crippen LogP contribution in [-0.2, 0) is 4.79 Å². The van der Waals surface area contributed by atoms with Crippen LogP contribution in [0.2, 0.25) is 0 Å². The van der Waals surface area contributed by atoms with Crippen LogP contribution in [-0.4, -0.2) is 18.9 Å². The summed E-state index contributed by atoms with van der Waals surface area (Å²) in [5.74, 6) is 1.83. The van der Waals surface area contributed by atoms with Crippen molar-refractivity contribution in [1.29, 1.82) is 0 Å². The lowest BCUT2D eigenvalue weighted by atomic mass is 9.79. The maximum absolute atomic E-state index is 11.1. The zero-order valence-electron chi connectivity index (χ0n) is 8.97. The van der Waals surface area contributed by atoms with Gasteiger partial charge in [-0.1, -0.05) is 13.8 Å². The Labute approximate surface area is 81.1 Å². The molecule has 2 nitrogen and oxygen atoms in total. The van der Waals surface area contributed by atoms with Gasteiger partial charge in [0, 0.05) is 18.9 Å². The van der Waals surface area contributed by atoms with Gasteiger partial charge in [-0.2, -0.15) is 0 Å². The Hall–Kier alpha value is -0.370. The highest BCUT2D eigenvalue weighted by Crippen LogP contribution is 2.27. The van der Waals surface area contributed by atoms with Gasteiger partial charge in [0.05, 0.1) is 0 Å². The second-order valence-electron chi connectivity index (χ2n) is 4.43. The van der Waals surface area contributed by atoms with Crippen molar-refractivity contribution < 1.29 is 4.79 Å². The van der Waals surface area contributed by atoms with Crippen molar-refractivity contribution in [2.75, 3.05) is 7.05 Å². The fraction of sp³-hybridized carbons (Fsp3) is 0.909. The lowest BCUT2D eigenvalue weighted by molar-refractivity contribution is -0.121. The molecule has 0 spiro atoms. The molecule has 13 heavy (non-hydrogen) atoms. The molecule has 0 amide bonds. The number of hydrogen-bond donors (Lipinski definition) is 1. The third-order valence-corrected chi connectivity index (χ3v) is 3.15. The van der Waals surface area contributed by atoms with Crippen molar-refractivity contribution in [3.63, 3.8) is 0 Å². The molecule has 2 heteroatoms. The number of nitrogens with one attached hydrogen (secondary N) is 1. The zero-order valence-corrected chi connectivity index (χ0v) is 8.97. The Balaban J connectivity index is 2.46. The first-order valence-electron chi connectivity index (χ1n) is 5.34. The molecule has 1 saturated carbocycles. The minimum atomic E-state index is 0.454. The van der Waals surface area contributed by atoms with E-state index in [9.17, 15) is 4.79 Å². The minimum Gasteiger partial charge on any atom is -0.316 e. The summed E-state index contributed by atoms with van der Waals surface area (Å²) in [6, 6.07) is 0.591. The fourth-order valence-electron chi connectivity index (χ4n) is 2.43. The molecule has 1 aliphatic carbocycles. The van der Waals surface area contributed by atoms with E-state index in [2.05, 4.69) is 19.2 Å². The van der Waals surface area contributed by atoms with Crippen LogP contribution in [0.15, 0.2) is 0 Å². The SMILES string of the molecule is CNC(C(C)C)C1CCC(=O)CC1. The molecule has 1 fully saturated rings. The van der Waals surface area contributed by atoms with Crippen LogP contribution in [0.3, 0.4) is 0 Å². The third kappa shape index (κ3) is 2.80. The average Bonchev–Trinajstić information content (AvgIpc) is 2.09. The molecule has 0 aromatic heterocycles. The van der Waals surface area contributed by atoms with Crippen LogP contribution in [0.1, 0.15) is 39.5 Å². The first kappa shape index (κ1) is 10.7. The van der Waals surface area contributed by atoms with Gasteiger partial charge in [-0.05, 0) is 31.7 Å². The molecule has 0 bridgehead atoms. The van der Waals surface area contributed by atoms with E-state index in [-0.39, 0.29) is 0 Å². The van der Waals surface area contributed by atoms with Crippen LogP contribution in [0, 0.1) is 11.8 Å². The van der Waals surface area contributed by atoms with Crippen molar-refractivity contribution in [1.82, 2.24) is 5.32 Å². The first-order chi connectivity index (χ1) is 6.15. The Kier molecular flexibility index (Phi) is 3.91. The maximum atomic E-state index is 11.1. The molecule has 1 unspecified atom stereocenters. The number of carbonyl (C=O) groups is 1. The van der Waals surface area contributed by atoms with Crippen molar-refractivity contribution in [2.45, 2.75) is 45.6 Å². The van der Waals surface area contributed by atoms with Gasteiger partial charge in [0.25, 0.3) is 0 Å². The van der Waals surface area contributed by atoms with E-state index < -0.39 is 0 Å². The van der Waals surface area contributed by atoms with E-state index in [0.29, 0.717) is 23.7 Å². The molecule has 0 saturated heterocycles. The number of rotatable bonds is 3. The van der Waals surface area contributed by atoms with E-state index in [0.717, 1.165) is 25.7 Å². The molecular weight excluding hydrogens is 162 g/mol. The molecule has 0 aliphatic heterocycles. The highest BCUT2D eigenvalue weighted by molar-refractivity contribution is 5.79. The minimum absolute atomic E-state index is 0.454. The normalized spacial score (nSPS) is 22.3. The van der Waals surface area contributed by atoms with Gasteiger partial charge in [0.2, 0.25) is 0 Å². The maximum Gasteiger partial charge on any atom is 0.132 e. The van der Waals surface area contributed by atoms with Gasteiger partial charge < -0.3 is 5.32 Å². The van der Waals surface area contributed by atoms with Crippen LogP contribution in [0.5, 0.6) is 0 Å². The van der Waals surface area contributed by atoms with Crippen molar-refractivity contribution in [2.24, 2.45) is 11.8 Å². The molecule has 0 heterocycles. The summed E-state index contributed by atoms with van der Waals surface area (Å²) in [5, 5.41) is 3.37. The molecule has 0 aromatic carbocycles. The number of Topliss-reactive ketones (excluding diaryl/α,β-unsaturated/α-hetero) is 1. The van der Waals surface area contributed by atoms with Gasteiger partial charge in [-0.3, -0.25) is 4.79 Å². The molecule has 0 radical (unpaired) electrons. The quantitative estimate of drug-likeness (QED) is 0.725. The first-order valence-corrected chi connectivity index (χ1v) is 5.34. The number of ketones is 1. The summed E-state index contributed by atoms with van der Waals surface area (Å²) in [7, 11) is 2.03. The van der Waals surface area contributed by atoms with E-state index in [1.807, 2.05) is 7.05 Å². The summed E-state index contributed by atoms with van der Waals surface area (Å²) in [6.07, 6.45) is 3.77. The predicted octanol–water partition coefficient (Wildman–Crippen LogP) is 1.99. The van der Waals surface area contributed by atoms with Gasteiger partial charge in [0.15, 0.2) is 0 Å². The van der Waals surface area contributed by atoms with E-state index >= 15 is 0 Å². The van der Waals surface area contributed by atoms with Crippen LogP contribution < -0.4 is 5.32 Å². The Morgan fingerprint density at radius 1 is 1.31 bits per heavy atom. The van der Waals surface area contributed by atoms with Gasteiger partial charge in [0.1, 0.15) is 5.78 Å². The molecule has 76 valence electrons. The molecule has 1 N–H and O–H groups in total. The topological polar surface area (TPSA) is 29.1 Å². The molecule has 1 atom stereocenters. The molecule has 1 rings (SSSR count). The average molecular weight is 183 g/mol. The van der Waals surface area contributed by atoms with E-state index in [1.165, 1.54) is 0 Å². The van der Waals surface area contributed by atoms with E-state index in [1.54, 1.807) is 0 Å². The Morgan fingerprint density at radius 3 is 2.23 bits per heavy atom. The number of carbonyl (C=O) groups excluding carboxylic acids is 1. The van der Waals surface area contributed by atoms with Gasteiger partial charge in [-0.15, -0.1) is 0 Å². The predicted molar refractivity (Wildman–Crippen MR) is 54.7 cm³/mol. The monoisotopic (exact) mass is 183 g/mol. The smallest absolute Gasteiger partial charge is 0.132 e. The Morgan fingerprint density at radius 2 is 1.85 bits per heavy atom. The zero-order chi connectivity index (χ0) is 9.84. The summed E-state index contributed by atoms with van der Waals surface area (Å²) in [4.78, 5) is 11.1. The standard InChI is InChI=1S/C11H21NO/c1-8(2)11(12-3)9-4-6-10(13)7-5-9/h8-9,11-12H,4-7H2,1-3H3. The molecule has 1 aliphatic rings. The van der Waals surface area contributed by atoms with Crippen LogP contribution in [0.25, 0.3) is 0 Å². The van der Waals surface area contributed by atoms with Crippen molar-refractivity contribution in [3.8, 4) is 0 Å². The Bertz CT molecular complexity index is 167. The second kappa shape index (κ2) is 4.75. The summed E-state index contributed by atoms with van der Waals surface area (Å²) in [6.45, 7) is 4.50. The highest BCUT2D eigenvalue weighted by Gasteiger charge is 2.27. The largest absolute Gasteiger partial charge is 0.316 e. The third-order valence-electron chi connectivity index (χ3n) is 3.15. The molecular formula is C11H21NO. The van der Waals surface area contributed by atoms with Crippen LogP contribution in [0.4, 0.5) is 0 Å².